The first-order valence-electron chi connectivity index (χ1n) is 5.84. The fraction of sp³-hybridized carbons (Fsp3) is 0.231. The second-order valence-electron chi connectivity index (χ2n) is 4.02. The van der Waals surface area contributed by atoms with Crippen LogP contribution in [0.15, 0.2) is 41.0 Å². The third-order valence-corrected chi connectivity index (χ3v) is 2.68. The number of ether oxygens (including phenoxy) is 2. The fourth-order valence-electron chi connectivity index (χ4n) is 1.73. The molecule has 0 amide bonds. The van der Waals surface area contributed by atoms with Gasteiger partial charge in [0.1, 0.15) is 18.1 Å². The fourth-order valence-corrected chi connectivity index (χ4v) is 1.73. The van der Waals surface area contributed by atoms with E-state index >= 15 is 0 Å². The van der Waals surface area contributed by atoms with Crippen molar-refractivity contribution in [2.45, 2.75) is 13.2 Å². The average Bonchev–Trinajstić information content (AvgIpc) is 2.91. The molecule has 2 N–H and O–H groups in total. The minimum absolute atomic E-state index is 0.296. The maximum atomic E-state index is 9.15. The molecule has 0 saturated heterocycles. The van der Waals surface area contributed by atoms with Crippen molar-refractivity contribution in [2.75, 3.05) is 7.11 Å². The highest BCUT2D eigenvalue weighted by atomic mass is 16.5. The monoisotopic (exact) mass is 262 g/mol. The Kier molecular flexibility index (Phi) is 4.62. The molecule has 0 aliphatic carbocycles. The zero-order valence-corrected chi connectivity index (χ0v) is 10.6. The van der Waals surface area contributed by atoms with Crippen LogP contribution in [0.1, 0.15) is 11.3 Å². The van der Waals surface area contributed by atoms with Gasteiger partial charge in [0, 0.05) is 5.56 Å². The lowest BCUT2D eigenvalue weighted by molar-refractivity contribution is 0.0914. The average molecular weight is 262 g/mol. The molecular formula is C13H15BO5. The van der Waals surface area contributed by atoms with Crippen molar-refractivity contribution < 1.29 is 23.9 Å². The molecule has 1 aromatic heterocycles. The Morgan fingerprint density at radius 1 is 1.21 bits per heavy atom. The summed E-state index contributed by atoms with van der Waals surface area (Å²) in [5, 5.41) is 18.3. The van der Waals surface area contributed by atoms with Gasteiger partial charge in [-0.1, -0.05) is 12.1 Å². The van der Waals surface area contributed by atoms with E-state index in [0.717, 1.165) is 11.3 Å². The van der Waals surface area contributed by atoms with E-state index in [1.165, 1.54) is 0 Å². The number of hydrogen-bond donors (Lipinski definition) is 2. The van der Waals surface area contributed by atoms with Crippen LogP contribution >= 0.6 is 0 Å². The van der Waals surface area contributed by atoms with Crippen LogP contribution < -0.4 is 10.2 Å². The summed E-state index contributed by atoms with van der Waals surface area (Å²) in [5.74, 6) is 1.38. The van der Waals surface area contributed by atoms with E-state index in [1.54, 1.807) is 37.6 Å². The van der Waals surface area contributed by atoms with E-state index in [1.807, 2.05) is 6.07 Å². The number of rotatable bonds is 6. The van der Waals surface area contributed by atoms with E-state index in [9.17, 15) is 0 Å². The largest absolute Gasteiger partial charge is 0.496 e. The van der Waals surface area contributed by atoms with Crippen LogP contribution in [0, 0.1) is 0 Å². The number of methoxy groups -OCH3 is 1. The lowest BCUT2D eigenvalue weighted by Crippen LogP contribution is -2.30. The highest BCUT2D eigenvalue weighted by Crippen LogP contribution is 2.18. The van der Waals surface area contributed by atoms with Crippen LogP contribution in [0.4, 0.5) is 0 Å². The molecule has 19 heavy (non-hydrogen) atoms. The summed E-state index contributed by atoms with van der Waals surface area (Å²) in [6.07, 6.45) is 1.59. The van der Waals surface area contributed by atoms with Crippen LogP contribution in [0.3, 0.4) is 0 Å². The SMILES string of the molecule is COc1ccc(B(O)O)cc1COCc1ccco1. The first kappa shape index (κ1) is 13.7. The van der Waals surface area contributed by atoms with Crippen molar-refractivity contribution in [2.24, 2.45) is 0 Å². The van der Waals surface area contributed by atoms with Gasteiger partial charge in [-0.15, -0.1) is 0 Å². The van der Waals surface area contributed by atoms with Gasteiger partial charge in [-0.2, -0.15) is 0 Å². The van der Waals surface area contributed by atoms with E-state index < -0.39 is 7.12 Å². The number of furan rings is 1. The van der Waals surface area contributed by atoms with Gasteiger partial charge >= 0.3 is 7.12 Å². The molecule has 6 heteroatoms. The van der Waals surface area contributed by atoms with Crippen LogP contribution in [0.25, 0.3) is 0 Å². The molecule has 5 nitrogen and oxygen atoms in total. The highest BCUT2D eigenvalue weighted by Gasteiger charge is 2.14. The number of hydrogen-bond acceptors (Lipinski definition) is 5. The van der Waals surface area contributed by atoms with Gasteiger partial charge in [0.05, 0.1) is 20.0 Å². The first-order valence-corrected chi connectivity index (χ1v) is 5.84. The summed E-state index contributed by atoms with van der Waals surface area (Å²) >= 11 is 0. The van der Waals surface area contributed by atoms with Gasteiger partial charge < -0.3 is 23.9 Å². The lowest BCUT2D eigenvalue weighted by atomic mass is 9.79. The normalized spacial score (nSPS) is 10.5. The molecular weight excluding hydrogens is 247 g/mol. The quantitative estimate of drug-likeness (QED) is 0.749. The summed E-state index contributed by atoms with van der Waals surface area (Å²) in [6, 6.07) is 8.54. The van der Waals surface area contributed by atoms with Crippen LogP contribution in [-0.2, 0) is 18.0 Å². The van der Waals surface area contributed by atoms with Crippen molar-refractivity contribution >= 4 is 12.6 Å². The molecule has 2 aromatic rings. The Morgan fingerprint density at radius 3 is 2.68 bits per heavy atom. The molecule has 0 aliphatic rings. The summed E-state index contributed by atoms with van der Waals surface area (Å²) in [4.78, 5) is 0. The predicted molar refractivity (Wildman–Crippen MR) is 70.0 cm³/mol. The summed E-state index contributed by atoms with van der Waals surface area (Å²) in [6.45, 7) is 0.645. The standard InChI is InChI=1S/C13H15BO5/c1-17-13-5-4-11(14(15)16)7-10(13)8-18-9-12-3-2-6-19-12/h2-7,15-16H,8-9H2,1H3. The van der Waals surface area contributed by atoms with Crippen LogP contribution in [0.5, 0.6) is 5.75 Å². The second kappa shape index (κ2) is 6.42. The molecule has 0 atom stereocenters. The van der Waals surface area contributed by atoms with E-state index in [4.69, 9.17) is 23.9 Å². The van der Waals surface area contributed by atoms with E-state index in [-0.39, 0.29) is 0 Å². The molecule has 0 unspecified atom stereocenters. The van der Waals surface area contributed by atoms with Crippen LogP contribution in [0.2, 0.25) is 0 Å². The minimum atomic E-state index is -1.50. The van der Waals surface area contributed by atoms with Crippen molar-refractivity contribution in [3.63, 3.8) is 0 Å². The van der Waals surface area contributed by atoms with Gasteiger partial charge in [0.2, 0.25) is 0 Å². The smallest absolute Gasteiger partial charge is 0.488 e. The van der Waals surface area contributed by atoms with Crippen LogP contribution in [-0.4, -0.2) is 24.3 Å². The van der Waals surface area contributed by atoms with Crippen molar-refractivity contribution in [3.05, 3.63) is 47.9 Å². The Bertz CT molecular complexity index is 510. The molecule has 2 rings (SSSR count). The zero-order chi connectivity index (χ0) is 13.7. The molecule has 100 valence electrons. The van der Waals surface area contributed by atoms with Gasteiger partial charge in [-0.05, 0) is 23.7 Å². The lowest BCUT2D eigenvalue weighted by Gasteiger charge is -2.10. The third kappa shape index (κ3) is 3.60. The summed E-state index contributed by atoms with van der Waals surface area (Å²) in [5.41, 5.74) is 1.15. The highest BCUT2D eigenvalue weighted by molar-refractivity contribution is 6.58. The minimum Gasteiger partial charge on any atom is -0.496 e. The molecule has 0 spiro atoms. The van der Waals surface area contributed by atoms with Gasteiger partial charge in [0.25, 0.3) is 0 Å². The molecule has 0 saturated carbocycles. The maximum absolute atomic E-state index is 9.15. The number of benzene rings is 1. The second-order valence-corrected chi connectivity index (χ2v) is 4.02. The Balaban J connectivity index is 2.02. The first-order chi connectivity index (χ1) is 9.20. The molecule has 0 aliphatic heterocycles. The zero-order valence-electron chi connectivity index (χ0n) is 10.6. The molecule has 0 radical (unpaired) electrons. The molecule has 1 aromatic carbocycles. The van der Waals surface area contributed by atoms with Gasteiger partial charge in [-0.25, -0.2) is 0 Å². The van der Waals surface area contributed by atoms with Gasteiger partial charge in [0.15, 0.2) is 0 Å². The Labute approximate surface area is 111 Å². The third-order valence-electron chi connectivity index (χ3n) is 2.68. The van der Waals surface area contributed by atoms with Crippen molar-refractivity contribution in [1.82, 2.24) is 0 Å². The summed E-state index contributed by atoms with van der Waals surface area (Å²) < 4.78 is 15.9. The van der Waals surface area contributed by atoms with E-state index in [2.05, 4.69) is 0 Å². The topological polar surface area (TPSA) is 72.1 Å². The molecule has 0 fully saturated rings. The van der Waals surface area contributed by atoms with Crippen molar-refractivity contribution in [3.8, 4) is 5.75 Å². The van der Waals surface area contributed by atoms with E-state index in [0.29, 0.717) is 24.4 Å². The van der Waals surface area contributed by atoms with Crippen molar-refractivity contribution in [1.29, 1.82) is 0 Å². The molecule has 0 bridgehead atoms. The molecule has 1 heterocycles. The maximum Gasteiger partial charge on any atom is 0.488 e. The Morgan fingerprint density at radius 2 is 2.05 bits per heavy atom. The summed E-state index contributed by atoms with van der Waals surface area (Å²) in [7, 11) is 0.0511. The predicted octanol–water partition coefficient (Wildman–Crippen LogP) is 0.685. The van der Waals surface area contributed by atoms with Gasteiger partial charge in [-0.3, -0.25) is 0 Å². The Hall–Kier alpha value is -1.76.